The molecule has 0 unspecified atom stereocenters. The average molecular weight is 321 g/mol. The maximum Gasteiger partial charge on any atom is 0.254 e. The minimum atomic E-state index is 0.0895. The lowest BCUT2D eigenvalue weighted by Crippen LogP contribution is -2.51. The standard InChI is InChI=1S/C16H23N3O2S/c20-15(11-13-1-4-17-5-2-13)18-6-8-19(9-7-18)16(21)14-3-10-22-12-14/h3,10,12-13,17H,1-2,4-9,11H2. The van der Waals surface area contributed by atoms with Crippen LogP contribution in [0.25, 0.3) is 0 Å². The van der Waals surface area contributed by atoms with Gasteiger partial charge in [-0.1, -0.05) is 0 Å². The van der Waals surface area contributed by atoms with Crippen molar-refractivity contribution in [1.82, 2.24) is 15.1 Å². The first-order valence-electron chi connectivity index (χ1n) is 8.04. The van der Waals surface area contributed by atoms with E-state index in [1.54, 1.807) is 0 Å². The summed E-state index contributed by atoms with van der Waals surface area (Å²) in [6.07, 6.45) is 2.87. The van der Waals surface area contributed by atoms with Crippen LogP contribution in [0.3, 0.4) is 0 Å². The predicted octanol–water partition coefficient (Wildman–Crippen LogP) is 1.42. The third-order valence-corrected chi connectivity index (χ3v) is 5.29. The van der Waals surface area contributed by atoms with Crippen molar-refractivity contribution >= 4 is 23.2 Å². The summed E-state index contributed by atoms with van der Waals surface area (Å²) in [5.41, 5.74) is 0.763. The molecule has 3 heterocycles. The number of amides is 2. The van der Waals surface area contributed by atoms with Crippen LogP contribution in [-0.4, -0.2) is 60.9 Å². The Labute approximate surface area is 135 Å². The number of carbonyl (C=O) groups excluding carboxylic acids is 2. The van der Waals surface area contributed by atoms with Gasteiger partial charge in [-0.2, -0.15) is 11.3 Å². The van der Waals surface area contributed by atoms with Gasteiger partial charge in [-0.3, -0.25) is 9.59 Å². The summed E-state index contributed by atoms with van der Waals surface area (Å²) >= 11 is 1.54. The van der Waals surface area contributed by atoms with Gasteiger partial charge in [0.1, 0.15) is 0 Å². The Morgan fingerprint density at radius 3 is 2.45 bits per heavy atom. The molecule has 6 heteroatoms. The van der Waals surface area contributed by atoms with Crippen molar-refractivity contribution in [3.8, 4) is 0 Å². The minimum absolute atomic E-state index is 0.0895. The van der Waals surface area contributed by atoms with Crippen LogP contribution in [0.4, 0.5) is 0 Å². The van der Waals surface area contributed by atoms with Crippen LogP contribution in [0, 0.1) is 5.92 Å². The maximum atomic E-state index is 12.4. The van der Waals surface area contributed by atoms with Crippen molar-refractivity contribution in [3.63, 3.8) is 0 Å². The van der Waals surface area contributed by atoms with E-state index in [9.17, 15) is 9.59 Å². The third kappa shape index (κ3) is 3.67. The van der Waals surface area contributed by atoms with Crippen molar-refractivity contribution in [2.45, 2.75) is 19.3 Å². The SMILES string of the molecule is O=C(CC1CCNCC1)N1CCN(C(=O)c2ccsc2)CC1. The lowest BCUT2D eigenvalue weighted by Gasteiger charge is -2.35. The summed E-state index contributed by atoms with van der Waals surface area (Å²) in [4.78, 5) is 28.4. The summed E-state index contributed by atoms with van der Waals surface area (Å²) in [7, 11) is 0. The zero-order chi connectivity index (χ0) is 15.4. The number of rotatable bonds is 3. The number of carbonyl (C=O) groups is 2. The second kappa shape index (κ2) is 7.24. The number of piperidine rings is 1. The number of nitrogens with zero attached hydrogens (tertiary/aromatic N) is 2. The Balaban J connectivity index is 1.46. The maximum absolute atomic E-state index is 12.4. The second-order valence-electron chi connectivity index (χ2n) is 6.08. The largest absolute Gasteiger partial charge is 0.339 e. The van der Waals surface area contributed by atoms with Crippen molar-refractivity contribution in [2.75, 3.05) is 39.3 Å². The van der Waals surface area contributed by atoms with Crippen molar-refractivity contribution < 1.29 is 9.59 Å². The van der Waals surface area contributed by atoms with Gasteiger partial charge in [0.25, 0.3) is 5.91 Å². The van der Waals surface area contributed by atoms with E-state index in [0.29, 0.717) is 38.5 Å². The van der Waals surface area contributed by atoms with Gasteiger partial charge in [-0.05, 0) is 43.3 Å². The summed E-state index contributed by atoms with van der Waals surface area (Å²) in [5, 5.41) is 7.14. The highest BCUT2D eigenvalue weighted by molar-refractivity contribution is 7.08. The van der Waals surface area contributed by atoms with Crippen LogP contribution in [0.15, 0.2) is 16.8 Å². The van der Waals surface area contributed by atoms with Crippen LogP contribution in [0.2, 0.25) is 0 Å². The monoisotopic (exact) mass is 321 g/mol. The van der Waals surface area contributed by atoms with Gasteiger partial charge in [0.05, 0.1) is 5.56 Å². The molecule has 22 heavy (non-hydrogen) atoms. The molecule has 2 aliphatic heterocycles. The highest BCUT2D eigenvalue weighted by atomic mass is 32.1. The highest BCUT2D eigenvalue weighted by Crippen LogP contribution is 2.18. The summed E-state index contributed by atoms with van der Waals surface area (Å²) in [6, 6.07) is 1.86. The molecular weight excluding hydrogens is 298 g/mol. The van der Waals surface area contributed by atoms with Crippen LogP contribution in [0.1, 0.15) is 29.6 Å². The van der Waals surface area contributed by atoms with Crippen molar-refractivity contribution in [1.29, 1.82) is 0 Å². The molecule has 0 bridgehead atoms. The molecule has 2 amide bonds. The predicted molar refractivity (Wildman–Crippen MR) is 87.0 cm³/mol. The summed E-state index contributed by atoms with van der Waals surface area (Å²) in [5.74, 6) is 0.875. The zero-order valence-electron chi connectivity index (χ0n) is 12.8. The van der Waals surface area contributed by atoms with E-state index in [0.717, 1.165) is 31.5 Å². The van der Waals surface area contributed by atoms with E-state index in [1.807, 2.05) is 26.6 Å². The van der Waals surface area contributed by atoms with Crippen LogP contribution in [-0.2, 0) is 4.79 Å². The van der Waals surface area contributed by atoms with Gasteiger partial charge in [-0.25, -0.2) is 0 Å². The Hall–Kier alpha value is -1.40. The highest BCUT2D eigenvalue weighted by Gasteiger charge is 2.26. The van der Waals surface area contributed by atoms with Crippen molar-refractivity contribution in [2.24, 2.45) is 5.92 Å². The fourth-order valence-electron chi connectivity index (χ4n) is 3.19. The Morgan fingerprint density at radius 2 is 1.82 bits per heavy atom. The fraction of sp³-hybridized carbons (Fsp3) is 0.625. The molecule has 0 atom stereocenters. The van der Waals surface area contributed by atoms with Gasteiger partial charge >= 0.3 is 0 Å². The van der Waals surface area contributed by atoms with E-state index in [1.165, 1.54) is 11.3 Å². The first kappa shape index (κ1) is 15.5. The first-order valence-corrected chi connectivity index (χ1v) is 8.98. The van der Waals surface area contributed by atoms with Gasteiger partial charge in [0.15, 0.2) is 0 Å². The van der Waals surface area contributed by atoms with Gasteiger partial charge in [0.2, 0.25) is 5.91 Å². The number of hydrogen-bond donors (Lipinski definition) is 1. The zero-order valence-corrected chi connectivity index (χ0v) is 13.6. The normalized spacial score (nSPS) is 20.2. The molecule has 1 N–H and O–H groups in total. The van der Waals surface area contributed by atoms with E-state index >= 15 is 0 Å². The molecule has 0 radical (unpaired) electrons. The topological polar surface area (TPSA) is 52.7 Å². The molecule has 0 aromatic carbocycles. The number of piperazine rings is 1. The molecule has 1 aromatic heterocycles. The van der Waals surface area contributed by atoms with E-state index < -0.39 is 0 Å². The van der Waals surface area contributed by atoms with E-state index in [-0.39, 0.29) is 11.8 Å². The summed E-state index contributed by atoms with van der Waals surface area (Å²) in [6.45, 7) is 4.68. The average Bonchev–Trinajstić information content (AvgIpc) is 3.10. The smallest absolute Gasteiger partial charge is 0.254 e. The molecule has 2 fully saturated rings. The number of hydrogen-bond acceptors (Lipinski definition) is 4. The van der Waals surface area contributed by atoms with Crippen LogP contribution < -0.4 is 5.32 Å². The molecule has 2 aliphatic rings. The van der Waals surface area contributed by atoms with Gasteiger partial charge in [0, 0.05) is 38.0 Å². The number of thiophene rings is 1. The summed E-state index contributed by atoms with van der Waals surface area (Å²) < 4.78 is 0. The Morgan fingerprint density at radius 1 is 1.14 bits per heavy atom. The number of nitrogens with one attached hydrogen (secondary N) is 1. The first-order chi connectivity index (χ1) is 10.7. The van der Waals surface area contributed by atoms with Crippen molar-refractivity contribution in [3.05, 3.63) is 22.4 Å². The van der Waals surface area contributed by atoms with E-state index in [2.05, 4.69) is 5.32 Å². The lowest BCUT2D eigenvalue weighted by atomic mass is 9.94. The second-order valence-corrected chi connectivity index (χ2v) is 6.86. The molecule has 0 saturated carbocycles. The van der Waals surface area contributed by atoms with Gasteiger partial charge in [-0.15, -0.1) is 0 Å². The Bertz CT molecular complexity index is 503. The lowest BCUT2D eigenvalue weighted by molar-refractivity contribution is -0.133. The Kier molecular flexibility index (Phi) is 5.10. The van der Waals surface area contributed by atoms with E-state index in [4.69, 9.17) is 0 Å². The molecular formula is C16H23N3O2S. The van der Waals surface area contributed by atoms with Crippen LogP contribution >= 0.6 is 11.3 Å². The minimum Gasteiger partial charge on any atom is -0.339 e. The fourth-order valence-corrected chi connectivity index (χ4v) is 3.82. The molecule has 120 valence electrons. The van der Waals surface area contributed by atoms with Crippen LogP contribution in [0.5, 0.6) is 0 Å². The molecule has 0 spiro atoms. The van der Waals surface area contributed by atoms with Gasteiger partial charge < -0.3 is 15.1 Å². The molecule has 2 saturated heterocycles. The molecule has 1 aromatic rings. The quantitative estimate of drug-likeness (QED) is 0.916. The molecule has 3 rings (SSSR count). The third-order valence-electron chi connectivity index (χ3n) is 4.61. The molecule has 5 nitrogen and oxygen atoms in total. The molecule has 0 aliphatic carbocycles.